The Kier molecular flexibility index (Phi) is 13.5. The minimum atomic E-state index is -0.865. The monoisotopic (exact) mass is 1060 g/mol. The number of benzene rings is 3. The quantitative estimate of drug-likeness (QED) is 0.100. The average molecular weight is 1060 g/mol. The number of aromatic nitrogens is 3. The van der Waals surface area contributed by atoms with Gasteiger partial charge in [-0.15, -0.1) is 6.42 Å². The van der Waals surface area contributed by atoms with Crippen molar-refractivity contribution in [2.24, 2.45) is 11.3 Å². The molecule has 8 heterocycles. The molecule has 12 rings (SSSR count). The van der Waals surface area contributed by atoms with Crippen molar-refractivity contribution in [2.75, 3.05) is 89.0 Å². The maximum atomic E-state index is 17.6. The normalized spacial score (nSPS) is 22.4. The van der Waals surface area contributed by atoms with Gasteiger partial charge in [-0.2, -0.15) is 15.2 Å². The largest absolute Gasteiger partial charge is 0.508 e. The summed E-state index contributed by atoms with van der Waals surface area (Å²) >= 11 is 0. The number of halogens is 2. The molecular formula is C58H61F2N11O7. The van der Waals surface area contributed by atoms with Gasteiger partial charge in [-0.3, -0.25) is 24.5 Å². The molecule has 18 nitrogen and oxygen atoms in total. The Bertz CT molecular complexity index is 3350. The van der Waals surface area contributed by atoms with E-state index in [-0.39, 0.29) is 105 Å². The lowest BCUT2D eigenvalue weighted by atomic mass is 9.95. The number of pyridine rings is 1. The first-order valence-electron chi connectivity index (χ1n) is 27.2. The molecule has 5 saturated heterocycles. The van der Waals surface area contributed by atoms with Gasteiger partial charge in [0.2, 0.25) is 23.6 Å². The fourth-order valence-corrected chi connectivity index (χ4v) is 13.1. The molecule has 1 saturated carbocycles. The Hall–Kier alpha value is -7.68. The van der Waals surface area contributed by atoms with Crippen LogP contribution in [0.4, 0.5) is 20.3 Å². The number of piperidine rings is 2. The Labute approximate surface area is 450 Å². The number of piperazine rings is 2. The molecule has 5 aromatic rings. The standard InChI is InChI=1S/C58H61F2N11O7/c1-3-41-44(59)11-6-35-26-40(72)27-43(48(35)41)51-50(60)52-49(55(63-51)77-2)53(69-30-38-7-8-39(31-69)71(38)47(74)5-4-18-61)65-57(64-52)78-33-58(16-17-58)32-67-23-21-66(22-24-67)28-34-14-19-68(20-15-34)37-9-10-42-36(25-37)29-70(56(42)76)45-12-13-46(73)62-54(45)75/h1,6,9-11,25-27,34,38-39,45,72H,4-5,7-8,12-17,19-24,28-33H2,2H3,(H,62,73,75). The summed E-state index contributed by atoms with van der Waals surface area (Å²) in [5.41, 5.74) is 2.02. The lowest BCUT2D eigenvalue weighted by Gasteiger charge is -2.42. The highest BCUT2D eigenvalue weighted by Gasteiger charge is 2.47. The molecule has 6 aliphatic heterocycles. The van der Waals surface area contributed by atoms with Gasteiger partial charge >= 0.3 is 6.01 Å². The number of fused-ring (bicyclic) bond motifs is 5. The smallest absolute Gasteiger partial charge is 0.319 e. The van der Waals surface area contributed by atoms with Gasteiger partial charge in [-0.25, -0.2) is 13.8 Å². The third kappa shape index (κ3) is 9.52. The number of nitriles is 1. The topological polar surface area (TPSA) is 201 Å². The van der Waals surface area contributed by atoms with Gasteiger partial charge in [0.05, 0.1) is 25.3 Å². The molecule has 0 spiro atoms. The number of imide groups is 1. The second-order valence-electron chi connectivity index (χ2n) is 22.3. The average Bonchev–Trinajstić information content (AvgIpc) is 4.12. The number of amides is 4. The number of nitrogens with zero attached hydrogens (tertiary/aromatic N) is 10. The number of anilines is 2. The van der Waals surface area contributed by atoms with Crippen LogP contribution in [0.1, 0.15) is 85.7 Å². The van der Waals surface area contributed by atoms with Crippen LogP contribution in [0, 0.1) is 46.6 Å². The van der Waals surface area contributed by atoms with Crippen LogP contribution >= 0.6 is 0 Å². The van der Waals surface area contributed by atoms with E-state index in [9.17, 15) is 29.5 Å². The highest BCUT2D eigenvalue weighted by Crippen LogP contribution is 2.48. The van der Waals surface area contributed by atoms with Crippen LogP contribution in [0.15, 0.2) is 42.5 Å². The molecule has 3 aromatic carbocycles. The van der Waals surface area contributed by atoms with Crippen LogP contribution in [-0.2, 0) is 20.9 Å². The van der Waals surface area contributed by atoms with E-state index < -0.39 is 23.6 Å². The lowest BCUT2D eigenvalue weighted by Crippen LogP contribution is -2.56. The second kappa shape index (κ2) is 20.6. The molecule has 3 unspecified atom stereocenters. The maximum Gasteiger partial charge on any atom is 0.319 e. The van der Waals surface area contributed by atoms with Gasteiger partial charge in [-0.1, -0.05) is 12.0 Å². The van der Waals surface area contributed by atoms with Gasteiger partial charge in [0, 0.05) is 131 Å². The summed E-state index contributed by atoms with van der Waals surface area (Å²) < 4.78 is 45.3. The zero-order valence-corrected chi connectivity index (χ0v) is 43.6. The van der Waals surface area contributed by atoms with E-state index in [0.29, 0.717) is 55.3 Å². The van der Waals surface area contributed by atoms with E-state index in [1.807, 2.05) is 21.9 Å². The minimum Gasteiger partial charge on any atom is -0.508 e. The molecule has 0 radical (unpaired) electrons. The van der Waals surface area contributed by atoms with Crippen molar-refractivity contribution in [2.45, 2.75) is 88.9 Å². The number of hydrogen-bond donors (Lipinski definition) is 2. The molecule has 1 aliphatic carbocycles. The number of nitrogens with one attached hydrogen (secondary N) is 1. The zero-order valence-electron chi connectivity index (χ0n) is 43.6. The van der Waals surface area contributed by atoms with Gasteiger partial charge in [-0.05, 0) is 98.2 Å². The van der Waals surface area contributed by atoms with Gasteiger partial charge in [0.15, 0.2) is 5.82 Å². The van der Waals surface area contributed by atoms with Crippen LogP contribution in [0.25, 0.3) is 32.9 Å². The van der Waals surface area contributed by atoms with E-state index in [0.717, 1.165) is 102 Å². The highest BCUT2D eigenvalue weighted by molar-refractivity contribution is 6.06. The van der Waals surface area contributed by atoms with E-state index in [2.05, 4.69) is 43.1 Å². The van der Waals surface area contributed by atoms with Crippen LogP contribution in [0.2, 0.25) is 0 Å². The molecule has 2 aromatic heterocycles. The molecule has 3 atom stereocenters. The number of phenols is 1. The molecule has 2 N–H and O–H groups in total. The number of phenolic OH excluding ortho intramolecular Hbond substituents is 1. The summed E-state index contributed by atoms with van der Waals surface area (Å²) in [6.45, 7) is 8.90. The van der Waals surface area contributed by atoms with Gasteiger partial charge in [0.25, 0.3) is 5.91 Å². The number of rotatable bonds is 14. The SMILES string of the molecule is C#Cc1c(F)ccc2cc(O)cc(-c3nc(OC)c4c(N5CC6CCC(C5)N6C(=O)CCC#N)nc(OCC5(CN6CCN(CC7CCN(c8ccc9c(c8)CN(C8CCC(=O)NC8=O)C9=O)CC7)CC6)CC5)nc4c3F)c12. The summed E-state index contributed by atoms with van der Waals surface area (Å²) in [5.74, 6) is 0.614. The molecule has 6 fully saturated rings. The maximum absolute atomic E-state index is 17.6. The van der Waals surface area contributed by atoms with Crippen LogP contribution in [0.5, 0.6) is 17.6 Å². The van der Waals surface area contributed by atoms with Crippen LogP contribution < -0.4 is 24.6 Å². The van der Waals surface area contributed by atoms with E-state index in [1.54, 1.807) is 4.90 Å². The number of terminal acetylenes is 1. The van der Waals surface area contributed by atoms with Crippen molar-refractivity contribution in [1.82, 2.24) is 39.9 Å². The van der Waals surface area contributed by atoms with E-state index >= 15 is 8.78 Å². The van der Waals surface area contributed by atoms with Crippen molar-refractivity contribution < 1.29 is 42.5 Å². The van der Waals surface area contributed by atoms with Crippen molar-refractivity contribution in [3.05, 3.63) is 70.8 Å². The number of carbonyl (C=O) groups is 4. The fourth-order valence-electron chi connectivity index (χ4n) is 13.1. The molecule has 78 heavy (non-hydrogen) atoms. The predicted molar refractivity (Wildman–Crippen MR) is 285 cm³/mol. The van der Waals surface area contributed by atoms with Crippen molar-refractivity contribution in [3.63, 3.8) is 0 Å². The number of ether oxygens (including phenoxy) is 2. The zero-order chi connectivity index (χ0) is 54.0. The Morgan fingerprint density at radius 2 is 1.65 bits per heavy atom. The summed E-state index contributed by atoms with van der Waals surface area (Å²) in [6, 6.07) is 12.5. The second-order valence-corrected chi connectivity index (χ2v) is 22.3. The number of carbonyl (C=O) groups excluding carboxylic acids is 4. The Morgan fingerprint density at radius 1 is 0.897 bits per heavy atom. The first-order chi connectivity index (χ1) is 37.8. The van der Waals surface area contributed by atoms with Crippen molar-refractivity contribution >= 4 is 56.8 Å². The first-order valence-corrected chi connectivity index (χ1v) is 27.2. The number of methoxy groups -OCH3 is 1. The van der Waals surface area contributed by atoms with Crippen molar-refractivity contribution in [3.8, 4) is 47.3 Å². The van der Waals surface area contributed by atoms with Crippen molar-refractivity contribution in [1.29, 1.82) is 5.26 Å². The third-order valence-electron chi connectivity index (χ3n) is 17.4. The summed E-state index contributed by atoms with van der Waals surface area (Å²) in [7, 11) is 1.41. The lowest BCUT2D eigenvalue weighted by molar-refractivity contribution is -0.137. The summed E-state index contributed by atoms with van der Waals surface area (Å²) in [4.78, 5) is 78.3. The summed E-state index contributed by atoms with van der Waals surface area (Å²) in [5, 5.41) is 23.2. The molecule has 404 valence electrons. The van der Waals surface area contributed by atoms with Gasteiger partial charge in [0.1, 0.15) is 40.0 Å². The molecule has 4 amide bonds. The molecular weight excluding hydrogens is 1000 g/mol. The summed E-state index contributed by atoms with van der Waals surface area (Å²) in [6.07, 6.45) is 12.2. The molecule has 7 aliphatic rings. The first kappa shape index (κ1) is 51.1. The third-order valence-corrected chi connectivity index (χ3v) is 17.4. The van der Waals surface area contributed by atoms with E-state index in [4.69, 9.17) is 25.9 Å². The fraction of sp³-hybridized carbons (Fsp3) is 0.483. The molecule has 20 heteroatoms. The minimum absolute atomic E-state index is 0.00124. The number of hydrogen-bond acceptors (Lipinski definition) is 15. The highest BCUT2D eigenvalue weighted by atomic mass is 19.1. The predicted octanol–water partition coefficient (Wildman–Crippen LogP) is 5.76. The Morgan fingerprint density at radius 3 is 2.36 bits per heavy atom. The molecule has 2 bridgehead atoms. The van der Waals surface area contributed by atoms with Crippen LogP contribution in [-0.4, -0.2) is 161 Å². The van der Waals surface area contributed by atoms with Crippen LogP contribution in [0.3, 0.4) is 0 Å². The van der Waals surface area contributed by atoms with E-state index in [1.165, 1.54) is 31.4 Å². The number of aromatic hydroxyl groups is 1. The van der Waals surface area contributed by atoms with Gasteiger partial charge < -0.3 is 44.0 Å². The Balaban J connectivity index is 0.720.